The molecule has 0 aliphatic heterocycles. The Hall–Kier alpha value is -0.730. The molecule has 0 saturated carbocycles. The summed E-state index contributed by atoms with van der Waals surface area (Å²) < 4.78 is 5.11. The van der Waals surface area contributed by atoms with Crippen molar-refractivity contribution in [1.29, 1.82) is 0 Å². The van der Waals surface area contributed by atoms with Crippen LogP contribution in [-0.4, -0.2) is 19.7 Å². The molecule has 15 heavy (non-hydrogen) atoms. The van der Waals surface area contributed by atoms with E-state index in [-0.39, 0.29) is 12.4 Å². The first-order valence-corrected chi connectivity index (χ1v) is 5.12. The number of halogens is 1. The van der Waals surface area contributed by atoms with Gasteiger partial charge in [-0.1, -0.05) is 19.1 Å². The van der Waals surface area contributed by atoms with Crippen molar-refractivity contribution < 1.29 is 4.74 Å². The lowest BCUT2D eigenvalue weighted by molar-refractivity contribution is 0.414. The summed E-state index contributed by atoms with van der Waals surface area (Å²) in [6, 6.07) is 8.79. The highest BCUT2D eigenvalue weighted by Crippen LogP contribution is 2.12. The molecule has 1 rings (SSSR count). The zero-order chi connectivity index (χ0) is 10.4. The average Bonchev–Trinajstić information content (AvgIpc) is 2.19. The number of nitrogens with one attached hydrogen (secondary N) is 1. The normalized spacial score (nSPS) is 11.7. The Morgan fingerprint density at radius 2 is 1.87 bits per heavy atom. The summed E-state index contributed by atoms with van der Waals surface area (Å²) in [5.41, 5.74) is 1.35. The molecule has 0 aromatic heterocycles. The topological polar surface area (TPSA) is 21.3 Å². The quantitative estimate of drug-likeness (QED) is 0.838. The molecule has 2 nitrogen and oxygen atoms in total. The fourth-order valence-electron chi connectivity index (χ4n) is 1.54. The molecule has 1 aromatic carbocycles. The second-order valence-electron chi connectivity index (χ2n) is 3.51. The van der Waals surface area contributed by atoms with Crippen molar-refractivity contribution in [3.05, 3.63) is 29.8 Å². The number of hydrogen-bond acceptors (Lipinski definition) is 2. The fourth-order valence-corrected chi connectivity index (χ4v) is 1.54. The van der Waals surface area contributed by atoms with Gasteiger partial charge < -0.3 is 10.1 Å². The number of hydrogen-bond donors (Lipinski definition) is 1. The third kappa shape index (κ3) is 5.05. The van der Waals surface area contributed by atoms with Crippen LogP contribution in [-0.2, 0) is 6.42 Å². The van der Waals surface area contributed by atoms with Crippen LogP contribution < -0.4 is 10.1 Å². The highest BCUT2D eigenvalue weighted by atomic mass is 35.5. The molecule has 0 fully saturated rings. The molecule has 0 bridgehead atoms. The van der Waals surface area contributed by atoms with E-state index in [2.05, 4.69) is 31.3 Å². The minimum Gasteiger partial charge on any atom is -0.497 e. The van der Waals surface area contributed by atoms with Gasteiger partial charge in [0.15, 0.2) is 0 Å². The Labute approximate surface area is 98.4 Å². The van der Waals surface area contributed by atoms with Crippen LogP contribution in [0.4, 0.5) is 0 Å². The minimum atomic E-state index is 0. The average molecular weight is 230 g/mol. The van der Waals surface area contributed by atoms with E-state index in [1.54, 1.807) is 7.11 Å². The maximum Gasteiger partial charge on any atom is 0.118 e. The van der Waals surface area contributed by atoms with Gasteiger partial charge in [-0.15, -0.1) is 12.4 Å². The molecule has 1 unspecified atom stereocenters. The van der Waals surface area contributed by atoms with Gasteiger partial charge in [0.2, 0.25) is 0 Å². The van der Waals surface area contributed by atoms with E-state index in [0.717, 1.165) is 18.7 Å². The first-order valence-electron chi connectivity index (χ1n) is 5.12. The number of benzene rings is 1. The molecule has 1 atom stereocenters. The third-order valence-corrected chi connectivity index (χ3v) is 2.25. The van der Waals surface area contributed by atoms with Crippen molar-refractivity contribution in [2.75, 3.05) is 13.7 Å². The Morgan fingerprint density at radius 3 is 2.33 bits per heavy atom. The Bertz CT molecular complexity index is 261. The predicted octanol–water partition coefficient (Wildman–Crippen LogP) is 2.66. The van der Waals surface area contributed by atoms with E-state index in [1.165, 1.54) is 5.56 Å². The minimum absolute atomic E-state index is 0. The first kappa shape index (κ1) is 14.3. The van der Waals surface area contributed by atoms with Crippen LogP contribution in [0.25, 0.3) is 0 Å². The van der Waals surface area contributed by atoms with Crippen molar-refractivity contribution in [2.24, 2.45) is 0 Å². The molecule has 0 heterocycles. The number of likely N-dealkylation sites (N-methyl/N-ethyl adjacent to an activating group) is 1. The molecule has 3 heteroatoms. The fraction of sp³-hybridized carbons (Fsp3) is 0.500. The Morgan fingerprint density at radius 1 is 1.27 bits per heavy atom. The Balaban J connectivity index is 0.00000196. The highest BCUT2D eigenvalue weighted by molar-refractivity contribution is 5.85. The van der Waals surface area contributed by atoms with Crippen molar-refractivity contribution >= 4 is 12.4 Å². The van der Waals surface area contributed by atoms with E-state index in [1.807, 2.05) is 12.1 Å². The van der Waals surface area contributed by atoms with E-state index in [0.29, 0.717) is 6.04 Å². The highest BCUT2D eigenvalue weighted by Gasteiger charge is 2.01. The van der Waals surface area contributed by atoms with Gasteiger partial charge in [0.1, 0.15) is 5.75 Å². The first-order chi connectivity index (χ1) is 6.76. The van der Waals surface area contributed by atoms with Crippen molar-refractivity contribution in [3.63, 3.8) is 0 Å². The molecule has 1 N–H and O–H groups in total. The summed E-state index contributed by atoms with van der Waals surface area (Å²) in [4.78, 5) is 0. The Kier molecular flexibility index (Phi) is 7.18. The van der Waals surface area contributed by atoms with Crippen molar-refractivity contribution in [1.82, 2.24) is 5.32 Å². The number of rotatable bonds is 5. The zero-order valence-electron chi connectivity index (χ0n) is 9.62. The van der Waals surface area contributed by atoms with Crippen LogP contribution in [0.1, 0.15) is 19.4 Å². The van der Waals surface area contributed by atoms with Gasteiger partial charge in [0.25, 0.3) is 0 Å². The molecule has 0 amide bonds. The standard InChI is InChI=1S/C12H19NO.ClH/c1-4-13-10(2)9-11-5-7-12(14-3)8-6-11;/h5-8,10,13H,4,9H2,1-3H3;1H. The summed E-state index contributed by atoms with van der Waals surface area (Å²) in [6.07, 6.45) is 1.07. The molecular weight excluding hydrogens is 210 g/mol. The van der Waals surface area contributed by atoms with Gasteiger partial charge in [-0.2, -0.15) is 0 Å². The van der Waals surface area contributed by atoms with Crippen molar-refractivity contribution in [2.45, 2.75) is 26.3 Å². The molecule has 86 valence electrons. The number of ether oxygens (including phenoxy) is 1. The second kappa shape index (κ2) is 7.55. The largest absolute Gasteiger partial charge is 0.497 e. The van der Waals surface area contributed by atoms with Crippen LogP contribution in [0.2, 0.25) is 0 Å². The van der Waals surface area contributed by atoms with Crippen LogP contribution in [0.15, 0.2) is 24.3 Å². The van der Waals surface area contributed by atoms with Gasteiger partial charge in [0, 0.05) is 6.04 Å². The monoisotopic (exact) mass is 229 g/mol. The number of methoxy groups -OCH3 is 1. The summed E-state index contributed by atoms with van der Waals surface area (Å²) in [5.74, 6) is 0.921. The smallest absolute Gasteiger partial charge is 0.118 e. The summed E-state index contributed by atoms with van der Waals surface area (Å²) in [6.45, 7) is 5.36. The van der Waals surface area contributed by atoms with Gasteiger partial charge in [-0.25, -0.2) is 0 Å². The van der Waals surface area contributed by atoms with Crippen LogP contribution >= 0.6 is 12.4 Å². The predicted molar refractivity (Wildman–Crippen MR) is 67.1 cm³/mol. The molecule has 0 aliphatic carbocycles. The summed E-state index contributed by atoms with van der Waals surface area (Å²) in [5, 5.41) is 3.39. The van der Waals surface area contributed by atoms with Crippen LogP contribution in [0.3, 0.4) is 0 Å². The molecule has 0 spiro atoms. The van der Waals surface area contributed by atoms with E-state index in [9.17, 15) is 0 Å². The van der Waals surface area contributed by atoms with E-state index in [4.69, 9.17) is 4.74 Å². The van der Waals surface area contributed by atoms with E-state index < -0.39 is 0 Å². The maximum atomic E-state index is 5.11. The summed E-state index contributed by atoms with van der Waals surface area (Å²) in [7, 11) is 1.69. The molecule has 0 radical (unpaired) electrons. The second-order valence-corrected chi connectivity index (χ2v) is 3.51. The van der Waals surface area contributed by atoms with E-state index >= 15 is 0 Å². The molecular formula is C12H20ClNO. The van der Waals surface area contributed by atoms with Gasteiger partial charge in [0.05, 0.1) is 7.11 Å². The lowest BCUT2D eigenvalue weighted by Crippen LogP contribution is -2.27. The maximum absolute atomic E-state index is 5.11. The van der Waals surface area contributed by atoms with Gasteiger partial charge in [-0.3, -0.25) is 0 Å². The zero-order valence-corrected chi connectivity index (χ0v) is 10.4. The van der Waals surface area contributed by atoms with Crippen molar-refractivity contribution in [3.8, 4) is 5.75 Å². The molecule has 0 aliphatic rings. The van der Waals surface area contributed by atoms with Gasteiger partial charge >= 0.3 is 0 Å². The molecule has 0 saturated heterocycles. The van der Waals surface area contributed by atoms with Crippen LogP contribution in [0.5, 0.6) is 5.75 Å². The lowest BCUT2D eigenvalue weighted by atomic mass is 10.1. The third-order valence-electron chi connectivity index (χ3n) is 2.25. The van der Waals surface area contributed by atoms with Gasteiger partial charge in [-0.05, 0) is 37.6 Å². The molecule has 1 aromatic rings. The SMILES string of the molecule is CCNC(C)Cc1ccc(OC)cc1.Cl. The summed E-state index contributed by atoms with van der Waals surface area (Å²) >= 11 is 0. The lowest BCUT2D eigenvalue weighted by Gasteiger charge is -2.12. The van der Waals surface area contributed by atoms with Crippen LogP contribution in [0, 0.1) is 0 Å².